The number of ether oxygens (including phenoxy) is 2. The van der Waals surface area contributed by atoms with Crippen LogP contribution in [0.1, 0.15) is 27.7 Å². The molecule has 0 unspecified atom stereocenters. The molecule has 0 atom stereocenters. The van der Waals surface area contributed by atoms with Gasteiger partial charge in [0.2, 0.25) is 0 Å². The second-order valence-electron chi connectivity index (χ2n) is 6.44. The third-order valence-corrected chi connectivity index (χ3v) is 4.05. The molecule has 9 heteroatoms. The Labute approximate surface area is 161 Å². The lowest BCUT2D eigenvalue weighted by molar-refractivity contribution is 0.224. The van der Waals surface area contributed by atoms with Gasteiger partial charge in [0.1, 0.15) is 0 Å². The van der Waals surface area contributed by atoms with E-state index < -0.39 is 11.2 Å². The molecular weight excluding hydrogens is 362 g/mol. The number of aryl methyl sites for hydroxylation is 1. The summed E-state index contributed by atoms with van der Waals surface area (Å²) < 4.78 is 13.9. The molecule has 0 amide bonds. The third-order valence-electron chi connectivity index (χ3n) is 4.05. The van der Waals surface area contributed by atoms with Gasteiger partial charge in [-0.3, -0.25) is 9.36 Å². The van der Waals surface area contributed by atoms with Crippen LogP contribution in [-0.4, -0.2) is 37.0 Å². The van der Waals surface area contributed by atoms with Crippen molar-refractivity contribution in [3.8, 4) is 34.4 Å². The van der Waals surface area contributed by atoms with Crippen molar-refractivity contribution in [1.29, 1.82) is 0 Å². The van der Waals surface area contributed by atoms with Gasteiger partial charge < -0.3 is 9.47 Å². The van der Waals surface area contributed by atoms with Crippen LogP contribution in [0.25, 0.3) is 22.9 Å². The number of hydrogen-bond donors (Lipinski definition) is 0. The van der Waals surface area contributed by atoms with E-state index in [1.807, 2.05) is 27.7 Å². The summed E-state index contributed by atoms with van der Waals surface area (Å²) in [5, 5.41) is 4.45. The van der Waals surface area contributed by atoms with Crippen molar-refractivity contribution < 1.29 is 9.47 Å². The SMILES string of the molecule is CCOc1cc(-c2nc3c(=O)n(C)c(=O)nc-3n(CC)n2)ccc1OC(C)C. The van der Waals surface area contributed by atoms with E-state index in [-0.39, 0.29) is 17.6 Å². The second-order valence-corrected chi connectivity index (χ2v) is 6.44. The molecule has 0 saturated heterocycles. The first-order valence-electron chi connectivity index (χ1n) is 9.15. The van der Waals surface area contributed by atoms with Gasteiger partial charge in [-0.1, -0.05) is 0 Å². The van der Waals surface area contributed by atoms with E-state index in [1.165, 1.54) is 11.7 Å². The number of aromatic nitrogens is 5. The van der Waals surface area contributed by atoms with Crippen molar-refractivity contribution in [3.05, 3.63) is 39.0 Å². The Morgan fingerprint density at radius 2 is 1.86 bits per heavy atom. The summed E-state index contributed by atoms with van der Waals surface area (Å²) in [5.41, 5.74) is -0.387. The highest BCUT2D eigenvalue weighted by molar-refractivity contribution is 5.63. The lowest BCUT2D eigenvalue weighted by atomic mass is 10.2. The van der Waals surface area contributed by atoms with E-state index in [1.54, 1.807) is 18.2 Å². The van der Waals surface area contributed by atoms with Crippen LogP contribution in [0.4, 0.5) is 0 Å². The quantitative estimate of drug-likeness (QED) is 0.636. The predicted octanol–water partition coefficient (Wildman–Crippen LogP) is 1.71. The molecule has 0 saturated carbocycles. The van der Waals surface area contributed by atoms with Crippen molar-refractivity contribution in [2.45, 2.75) is 40.3 Å². The summed E-state index contributed by atoms with van der Waals surface area (Å²) in [5.74, 6) is 1.70. The molecule has 3 rings (SSSR count). The monoisotopic (exact) mass is 385 g/mol. The molecule has 2 aliphatic heterocycles. The zero-order chi connectivity index (χ0) is 20.4. The summed E-state index contributed by atoms with van der Waals surface area (Å²) in [6.45, 7) is 8.52. The summed E-state index contributed by atoms with van der Waals surface area (Å²) in [6, 6.07) is 5.38. The van der Waals surface area contributed by atoms with Crippen LogP contribution in [0.2, 0.25) is 0 Å². The van der Waals surface area contributed by atoms with Crippen LogP contribution in [-0.2, 0) is 13.6 Å². The maximum atomic E-state index is 12.5. The molecule has 0 fully saturated rings. The van der Waals surface area contributed by atoms with Gasteiger partial charge in [0, 0.05) is 19.2 Å². The average Bonchev–Trinajstić information content (AvgIpc) is 2.67. The molecule has 1 aromatic carbocycles. The third kappa shape index (κ3) is 3.60. The highest BCUT2D eigenvalue weighted by atomic mass is 16.5. The number of nitrogens with zero attached hydrogens (tertiary/aromatic N) is 5. The zero-order valence-electron chi connectivity index (χ0n) is 16.6. The molecule has 1 aromatic rings. The van der Waals surface area contributed by atoms with Gasteiger partial charge >= 0.3 is 5.69 Å². The first kappa shape index (κ1) is 19.5. The first-order chi connectivity index (χ1) is 13.3. The summed E-state index contributed by atoms with van der Waals surface area (Å²) in [4.78, 5) is 32.7. The van der Waals surface area contributed by atoms with E-state index in [4.69, 9.17) is 9.47 Å². The topological polar surface area (TPSA) is 101 Å². The number of hydrogen-bond acceptors (Lipinski definition) is 7. The molecule has 9 nitrogen and oxygen atoms in total. The van der Waals surface area contributed by atoms with Gasteiger partial charge in [0.25, 0.3) is 5.56 Å². The zero-order valence-corrected chi connectivity index (χ0v) is 16.6. The minimum Gasteiger partial charge on any atom is -0.490 e. The Morgan fingerprint density at radius 1 is 1.11 bits per heavy atom. The fourth-order valence-electron chi connectivity index (χ4n) is 2.74. The van der Waals surface area contributed by atoms with Crippen molar-refractivity contribution in [2.75, 3.05) is 6.61 Å². The maximum absolute atomic E-state index is 12.5. The Bertz CT molecular complexity index is 1090. The highest BCUT2D eigenvalue weighted by Gasteiger charge is 2.21. The Morgan fingerprint density at radius 3 is 2.50 bits per heavy atom. The van der Waals surface area contributed by atoms with Crippen molar-refractivity contribution >= 4 is 0 Å². The second kappa shape index (κ2) is 7.79. The lowest BCUT2D eigenvalue weighted by Crippen LogP contribution is -2.37. The molecular formula is C19H23N5O4. The molecule has 2 aliphatic rings. The van der Waals surface area contributed by atoms with E-state index in [2.05, 4.69) is 15.1 Å². The minimum absolute atomic E-state index is 0.000363. The van der Waals surface area contributed by atoms with Gasteiger partial charge in [-0.05, 0) is 45.9 Å². The average molecular weight is 385 g/mol. The van der Waals surface area contributed by atoms with Gasteiger partial charge in [0.05, 0.1) is 12.7 Å². The smallest absolute Gasteiger partial charge is 0.352 e. The maximum Gasteiger partial charge on any atom is 0.352 e. The van der Waals surface area contributed by atoms with Crippen LogP contribution < -0.4 is 20.7 Å². The van der Waals surface area contributed by atoms with Crippen LogP contribution in [0.5, 0.6) is 11.5 Å². The van der Waals surface area contributed by atoms with E-state index in [9.17, 15) is 9.59 Å². The molecule has 148 valence electrons. The fraction of sp³-hybridized carbons (Fsp3) is 0.421. The Hall–Kier alpha value is -3.23. The fourth-order valence-corrected chi connectivity index (χ4v) is 2.74. The van der Waals surface area contributed by atoms with Crippen molar-refractivity contribution in [2.24, 2.45) is 7.05 Å². The molecule has 0 bridgehead atoms. The van der Waals surface area contributed by atoms with E-state index in [0.717, 1.165) is 4.57 Å². The van der Waals surface area contributed by atoms with Crippen molar-refractivity contribution in [1.82, 2.24) is 24.3 Å². The molecule has 0 N–H and O–H groups in total. The van der Waals surface area contributed by atoms with Crippen LogP contribution in [0, 0.1) is 0 Å². The lowest BCUT2D eigenvalue weighted by Gasteiger charge is -2.16. The number of rotatable bonds is 6. The number of benzene rings is 1. The molecule has 0 radical (unpaired) electrons. The van der Waals surface area contributed by atoms with E-state index >= 15 is 0 Å². The van der Waals surface area contributed by atoms with Gasteiger partial charge in [0.15, 0.2) is 28.8 Å². The first-order valence-corrected chi connectivity index (χ1v) is 9.15. The normalized spacial score (nSPS) is 11.2. The summed E-state index contributed by atoms with van der Waals surface area (Å²) in [7, 11) is 1.38. The standard InChI is InChI=1S/C19H23N5O4/c1-6-24-17-15(18(25)23(5)19(26)21-17)20-16(22-24)12-8-9-13(28-11(3)4)14(10-12)27-7-2/h8-11H,6-7H2,1-5H3. The van der Waals surface area contributed by atoms with Gasteiger partial charge in [-0.15, -0.1) is 0 Å². The van der Waals surface area contributed by atoms with Crippen LogP contribution in [0.3, 0.4) is 0 Å². The minimum atomic E-state index is -0.634. The molecule has 0 spiro atoms. The molecule has 0 aromatic heterocycles. The molecule has 2 heterocycles. The van der Waals surface area contributed by atoms with Crippen molar-refractivity contribution in [3.63, 3.8) is 0 Å². The molecule has 0 aliphatic carbocycles. The van der Waals surface area contributed by atoms with Crippen LogP contribution in [0.15, 0.2) is 27.8 Å². The predicted molar refractivity (Wildman–Crippen MR) is 104 cm³/mol. The molecule has 28 heavy (non-hydrogen) atoms. The van der Waals surface area contributed by atoms with E-state index in [0.29, 0.717) is 36.0 Å². The summed E-state index contributed by atoms with van der Waals surface area (Å²) >= 11 is 0. The largest absolute Gasteiger partial charge is 0.490 e. The highest BCUT2D eigenvalue weighted by Crippen LogP contribution is 2.32. The Kier molecular flexibility index (Phi) is 5.43. The summed E-state index contributed by atoms with van der Waals surface area (Å²) in [6.07, 6.45) is -0.000363. The van der Waals surface area contributed by atoms with Gasteiger partial charge in [-0.25, -0.2) is 14.5 Å². The number of fused-ring (bicyclic) bond motifs is 1. The Balaban J connectivity index is 2.21. The van der Waals surface area contributed by atoms with Gasteiger partial charge in [-0.2, -0.15) is 10.1 Å². The van der Waals surface area contributed by atoms with Crippen LogP contribution >= 0.6 is 0 Å².